The van der Waals surface area contributed by atoms with Crippen LogP contribution in [0.4, 0.5) is 0 Å². The van der Waals surface area contributed by atoms with E-state index in [4.69, 9.17) is 49.0 Å². The van der Waals surface area contributed by atoms with Crippen LogP contribution in [0.2, 0.25) is 15.1 Å². The number of aromatic nitrogens is 6. The average Bonchev–Trinajstić information content (AvgIpc) is 4.16. The SMILES string of the molecule is CCOC(=O)[C@@H]1c2cn[nH]c2CCN1S(=O)(=O)c1ccc(Cl)cc1.CCOC(=O)[C@H]1Cc2[nH]ncc2CN1S(=O)(=O)c1ccc(Cl)cc1.CCOC(=O)[C@H]1c2cn[nH]c2CCN1S(=O)(=O)c1ccc(Cl)cc1. The minimum atomic E-state index is -3.88. The third-order valence-electron chi connectivity index (χ3n) is 11.6. The first kappa shape index (κ1) is 54.1. The van der Waals surface area contributed by atoms with Crippen molar-refractivity contribution >= 4 is 82.8 Å². The molecule has 6 heterocycles. The summed E-state index contributed by atoms with van der Waals surface area (Å²) in [6, 6.07) is 14.5. The van der Waals surface area contributed by atoms with Gasteiger partial charge < -0.3 is 14.2 Å². The van der Waals surface area contributed by atoms with Crippen molar-refractivity contribution in [1.82, 2.24) is 43.5 Å². The second-order valence-electron chi connectivity index (χ2n) is 15.9. The van der Waals surface area contributed by atoms with E-state index in [0.29, 0.717) is 39.0 Å². The maximum absolute atomic E-state index is 13.0. The van der Waals surface area contributed by atoms with Crippen LogP contribution in [0.25, 0.3) is 0 Å². The number of ether oxygens (including phenoxy) is 3. The summed E-state index contributed by atoms with van der Waals surface area (Å²) < 4.78 is 96.7. The van der Waals surface area contributed by atoms with Gasteiger partial charge in [0.2, 0.25) is 30.1 Å². The topological polar surface area (TPSA) is 277 Å². The number of hydrogen-bond donors (Lipinski definition) is 3. The van der Waals surface area contributed by atoms with Gasteiger partial charge in [-0.2, -0.15) is 28.2 Å². The van der Waals surface area contributed by atoms with E-state index in [-0.39, 0.29) is 60.6 Å². The highest BCUT2D eigenvalue weighted by molar-refractivity contribution is 7.89. The van der Waals surface area contributed by atoms with E-state index < -0.39 is 66.1 Å². The number of benzene rings is 3. The van der Waals surface area contributed by atoms with Crippen LogP contribution in [0.5, 0.6) is 0 Å². The number of aromatic amines is 3. The van der Waals surface area contributed by atoms with Crippen LogP contribution < -0.4 is 0 Å². The molecule has 6 aromatic rings. The molecular formula is C45H48Cl3N9O12S3. The van der Waals surface area contributed by atoms with Crippen LogP contribution in [0.3, 0.4) is 0 Å². The van der Waals surface area contributed by atoms with Crippen molar-refractivity contribution in [1.29, 1.82) is 0 Å². The summed E-state index contributed by atoms with van der Waals surface area (Å²) in [4.78, 5) is 37.3. The normalized spacial score (nSPS) is 18.2. The fraction of sp³-hybridized carbons (Fsp3) is 0.333. The molecule has 0 bridgehead atoms. The van der Waals surface area contributed by atoms with Gasteiger partial charge in [-0.05, 0) is 93.6 Å². The lowest BCUT2D eigenvalue weighted by Gasteiger charge is -2.32. The van der Waals surface area contributed by atoms with Gasteiger partial charge in [0.1, 0.15) is 6.04 Å². The zero-order chi connectivity index (χ0) is 52.0. The first-order chi connectivity index (χ1) is 34.3. The molecule has 21 nitrogen and oxygen atoms in total. The van der Waals surface area contributed by atoms with Gasteiger partial charge in [-0.15, -0.1) is 0 Å². The van der Waals surface area contributed by atoms with E-state index in [1.54, 1.807) is 27.0 Å². The zero-order valence-corrected chi connectivity index (χ0v) is 43.4. The molecule has 3 atom stereocenters. The third-order valence-corrected chi connectivity index (χ3v) is 17.9. The standard InChI is InChI=1S/3C15H16ClN3O4S/c1-2-23-15(20)14-7-13-10(8-17-18-13)9-19(14)24(21,22)12-5-3-11(16)4-6-12;2*1-2-23-15(20)14-12-9-17-18-13(12)7-8-19(14)24(21,22)11-5-3-10(16)4-6-11/h3-6,8,14H,2,7,9H2,1H3,(H,17,18);2*3-6,9,14H,2,7-8H2,1H3,(H,17,18)/t3*14-/m110/s1. The number of halogens is 3. The predicted molar refractivity (Wildman–Crippen MR) is 261 cm³/mol. The highest BCUT2D eigenvalue weighted by Crippen LogP contribution is 2.36. The molecule has 9 rings (SSSR count). The van der Waals surface area contributed by atoms with Crippen molar-refractivity contribution < 1.29 is 53.8 Å². The van der Waals surface area contributed by atoms with Crippen LogP contribution in [0, 0.1) is 0 Å². The maximum atomic E-state index is 13.0. The molecule has 0 saturated carbocycles. The molecular weight excluding hydrogens is 1060 g/mol. The Labute approximate surface area is 430 Å². The van der Waals surface area contributed by atoms with Crippen molar-refractivity contribution in [3.63, 3.8) is 0 Å². The lowest BCUT2D eigenvalue weighted by Crippen LogP contribution is -2.49. The Kier molecular flexibility index (Phi) is 17.3. The first-order valence-corrected chi connectivity index (χ1v) is 27.7. The number of carbonyl (C=O) groups is 3. The van der Waals surface area contributed by atoms with E-state index in [2.05, 4.69) is 30.6 Å². The summed E-state index contributed by atoms with van der Waals surface area (Å²) in [7, 11) is -11.6. The molecule has 0 saturated heterocycles. The van der Waals surface area contributed by atoms with Crippen molar-refractivity contribution in [2.75, 3.05) is 32.9 Å². The second-order valence-corrected chi connectivity index (χ2v) is 22.9. The van der Waals surface area contributed by atoms with Crippen LogP contribution in [0.1, 0.15) is 66.6 Å². The van der Waals surface area contributed by atoms with E-state index in [1.165, 1.54) is 85.2 Å². The molecule has 3 aromatic heterocycles. The summed E-state index contributed by atoms with van der Waals surface area (Å²) in [5, 5.41) is 21.5. The Morgan fingerprint density at radius 1 is 0.528 bits per heavy atom. The lowest BCUT2D eigenvalue weighted by molar-refractivity contribution is -0.149. The molecule has 0 radical (unpaired) electrons. The number of sulfonamides is 3. The molecule has 72 heavy (non-hydrogen) atoms. The average molecular weight is 1110 g/mol. The van der Waals surface area contributed by atoms with Gasteiger partial charge in [0, 0.05) is 87.7 Å². The summed E-state index contributed by atoms with van der Waals surface area (Å²) in [5.41, 5.74) is 4.03. The summed E-state index contributed by atoms with van der Waals surface area (Å²) in [6.45, 7) is 5.91. The highest BCUT2D eigenvalue weighted by atomic mass is 35.5. The number of rotatable bonds is 12. The molecule has 0 aliphatic carbocycles. The van der Waals surface area contributed by atoms with Crippen LogP contribution >= 0.6 is 34.8 Å². The predicted octanol–water partition coefficient (Wildman–Crippen LogP) is 5.57. The van der Waals surface area contributed by atoms with Crippen molar-refractivity contribution in [3.8, 4) is 0 Å². The Hall–Kier alpha value is -5.70. The Morgan fingerprint density at radius 2 is 0.875 bits per heavy atom. The van der Waals surface area contributed by atoms with E-state index in [0.717, 1.165) is 35.6 Å². The fourth-order valence-electron chi connectivity index (χ4n) is 8.12. The minimum absolute atomic E-state index is 0.0558. The third kappa shape index (κ3) is 11.6. The number of hydrogen-bond acceptors (Lipinski definition) is 15. The molecule has 27 heteroatoms. The van der Waals surface area contributed by atoms with Gasteiger partial charge in [0.25, 0.3) is 0 Å². The number of H-pyrrole nitrogens is 3. The monoisotopic (exact) mass is 1110 g/mol. The molecule has 0 spiro atoms. The second kappa shape index (κ2) is 23.0. The van der Waals surface area contributed by atoms with Crippen molar-refractivity contribution in [3.05, 3.63) is 140 Å². The summed E-state index contributed by atoms with van der Waals surface area (Å²) >= 11 is 17.5. The number of esters is 3. The maximum Gasteiger partial charge on any atom is 0.329 e. The quantitative estimate of drug-likeness (QED) is 0.0998. The highest BCUT2D eigenvalue weighted by Gasteiger charge is 2.45. The van der Waals surface area contributed by atoms with Crippen LogP contribution in [-0.4, -0.2) is 126 Å². The Bertz CT molecular complexity index is 2980. The molecule has 3 N–H and O–H groups in total. The van der Waals surface area contributed by atoms with Crippen LogP contribution in [0.15, 0.2) is 106 Å². The first-order valence-electron chi connectivity index (χ1n) is 22.2. The molecule has 3 aliphatic heterocycles. The van der Waals surface area contributed by atoms with Gasteiger partial charge >= 0.3 is 17.9 Å². The lowest BCUT2D eigenvalue weighted by atomic mass is 10.0. The summed E-state index contributed by atoms with van der Waals surface area (Å²) in [5.74, 6) is -1.80. The van der Waals surface area contributed by atoms with E-state index in [1.807, 2.05) is 0 Å². The van der Waals surface area contributed by atoms with Gasteiger partial charge in [-0.3, -0.25) is 20.1 Å². The smallest absolute Gasteiger partial charge is 0.329 e. The molecule has 3 aliphatic rings. The molecule has 0 unspecified atom stereocenters. The van der Waals surface area contributed by atoms with Crippen LogP contribution in [-0.2, 0) is 84.5 Å². The van der Waals surface area contributed by atoms with E-state index >= 15 is 0 Å². The summed E-state index contributed by atoms with van der Waals surface area (Å²) in [6.07, 6.45) is 5.60. The molecule has 3 aromatic carbocycles. The van der Waals surface area contributed by atoms with Crippen molar-refractivity contribution in [2.45, 2.75) is 79.4 Å². The van der Waals surface area contributed by atoms with E-state index in [9.17, 15) is 39.6 Å². The Morgan fingerprint density at radius 3 is 1.26 bits per heavy atom. The minimum Gasteiger partial charge on any atom is -0.465 e. The number of carbonyl (C=O) groups excluding carboxylic acids is 3. The van der Waals surface area contributed by atoms with Gasteiger partial charge in [0.05, 0.1) is 53.1 Å². The Balaban J connectivity index is 0.000000158. The molecule has 0 fully saturated rings. The number of nitrogens with one attached hydrogen (secondary N) is 3. The van der Waals surface area contributed by atoms with Gasteiger partial charge in [-0.25, -0.2) is 34.8 Å². The fourth-order valence-corrected chi connectivity index (χ4v) is 13.2. The molecule has 0 amide bonds. The number of fused-ring (bicyclic) bond motifs is 3. The zero-order valence-electron chi connectivity index (χ0n) is 38.7. The number of nitrogens with zero attached hydrogens (tertiary/aromatic N) is 6. The molecule has 384 valence electrons. The van der Waals surface area contributed by atoms with Gasteiger partial charge in [-0.1, -0.05) is 34.8 Å². The van der Waals surface area contributed by atoms with Gasteiger partial charge in [0.15, 0.2) is 12.1 Å². The van der Waals surface area contributed by atoms with Crippen molar-refractivity contribution in [2.24, 2.45) is 0 Å². The largest absolute Gasteiger partial charge is 0.465 e.